The molecule has 1 aromatic carbocycles. The molecule has 100 valence electrons. The maximum Gasteiger partial charge on any atom is 0.128 e. The molecule has 0 spiro atoms. The Morgan fingerprint density at radius 3 is 2.72 bits per heavy atom. The standard InChI is InChI=1S/C14H20F2N2/c1-10(12-8-11(15)4-5-13(12)16)18-7-6-17-9-14(18,2)3/h4-5,8,10,17H,6-7,9H2,1-3H3. The predicted octanol–water partition coefficient (Wildman–Crippen LogP) is 2.71. The first-order chi connectivity index (χ1) is 8.42. The third-order valence-electron chi connectivity index (χ3n) is 3.74. The number of halogens is 2. The van der Waals surface area contributed by atoms with Crippen molar-refractivity contribution in [3.05, 3.63) is 35.4 Å². The Kier molecular flexibility index (Phi) is 3.69. The Morgan fingerprint density at radius 1 is 1.33 bits per heavy atom. The zero-order valence-electron chi connectivity index (χ0n) is 11.1. The third-order valence-corrected chi connectivity index (χ3v) is 3.74. The van der Waals surface area contributed by atoms with Gasteiger partial charge in [0.05, 0.1) is 0 Å². The van der Waals surface area contributed by atoms with E-state index in [1.165, 1.54) is 12.1 Å². The van der Waals surface area contributed by atoms with Crippen LogP contribution in [0.25, 0.3) is 0 Å². The molecule has 0 saturated carbocycles. The molecule has 1 heterocycles. The van der Waals surface area contributed by atoms with E-state index in [4.69, 9.17) is 0 Å². The molecule has 0 aromatic heterocycles. The Hall–Kier alpha value is -1.00. The molecule has 4 heteroatoms. The van der Waals surface area contributed by atoms with Crippen molar-refractivity contribution in [3.8, 4) is 0 Å². The molecule has 1 aliphatic rings. The minimum Gasteiger partial charge on any atom is -0.314 e. The van der Waals surface area contributed by atoms with Gasteiger partial charge in [-0.25, -0.2) is 8.78 Å². The van der Waals surface area contributed by atoms with Gasteiger partial charge >= 0.3 is 0 Å². The highest BCUT2D eigenvalue weighted by molar-refractivity contribution is 5.22. The number of hydrogen-bond acceptors (Lipinski definition) is 2. The summed E-state index contributed by atoms with van der Waals surface area (Å²) in [6.07, 6.45) is 0. The van der Waals surface area contributed by atoms with Crippen molar-refractivity contribution in [2.24, 2.45) is 0 Å². The van der Waals surface area contributed by atoms with Crippen LogP contribution in [0.5, 0.6) is 0 Å². The third kappa shape index (κ3) is 2.54. The molecule has 2 nitrogen and oxygen atoms in total. The van der Waals surface area contributed by atoms with Gasteiger partial charge in [0, 0.05) is 36.8 Å². The molecule has 1 aliphatic heterocycles. The molecular formula is C14H20F2N2. The summed E-state index contributed by atoms with van der Waals surface area (Å²) in [5.41, 5.74) is 0.376. The molecule has 2 rings (SSSR count). The van der Waals surface area contributed by atoms with Crippen LogP contribution in [0.3, 0.4) is 0 Å². The Morgan fingerprint density at radius 2 is 2.06 bits per heavy atom. The second-order valence-electron chi connectivity index (χ2n) is 5.52. The van der Waals surface area contributed by atoms with Crippen LogP contribution in [0, 0.1) is 11.6 Å². The highest BCUT2D eigenvalue weighted by Crippen LogP contribution is 2.30. The summed E-state index contributed by atoms with van der Waals surface area (Å²) in [5, 5.41) is 3.33. The fourth-order valence-corrected chi connectivity index (χ4v) is 2.72. The first-order valence-corrected chi connectivity index (χ1v) is 6.34. The Balaban J connectivity index is 2.29. The molecule has 1 saturated heterocycles. The van der Waals surface area contributed by atoms with Crippen LogP contribution < -0.4 is 5.32 Å². The first-order valence-electron chi connectivity index (χ1n) is 6.34. The number of hydrogen-bond donors (Lipinski definition) is 1. The average molecular weight is 254 g/mol. The lowest BCUT2D eigenvalue weighted by Gasteiger charge is -2.46. The highest BCUT2D eigenvalue weighted by Gasteiger charge is 2.34. The molecule has 1 N–H and O–H groups in total. The van der Waals surface area contributed by atoms with Crippen LogP contribution in [0.4, 0.5) is 8.78 Å². The molecule has 1 atom stereocenters. The predicted molar refractivity (Wildman–Crippen MR) is 68.4 cm³/mol. The lowest BCUT2D eigenvalue weighted by atomic mass is 9.95. The van der Waals surface area contributed by atoms with E-state index in [9.17, 15) is 8.78 Å². The van der Waals surface area contributed by atoms with E-state index in [2.05, 4.69) is 24.1 Å². The number of piperazine rings is 1. The minimum atomic E-state index is -0.383. The molecule has 0 radical (unpaired) electrons. The van der Waals surface area contributed by atoms with Crippen LogP contribution in [0.2, 0.25) is 0 Å². The summed E-state index contributed by atoms with van der Waals surface area (Å²) in [5.74, 6) is -0.718. The van der Waals surface area contributed by atoms with Crippen molar-refractivity contribution in [2.45, 2.75) is 32.4 Å². The number of rotatable bonds is 2. The van der Waals surface area contributed by atoms with Gasteiger partial charge in [-0.15, -0.1) is 0 Å². The van der Waals surface area contributed by atoms with E-state index >= 15 is 0 Å². The van der Waals surface area contributed by atoms with Gasteiger partial charge in [-0.3, -0.25) is 4.90 Å². The van der Waals surface area contributed by atoms with Gasteiger partial charge in [0.2, 0.25) is 0 Å². The van der Waals surface area contributed by atoms with Crippen molar-refractivity contribution in [1.29, 1.82) is 0 Å². The van der Waals surface area contributed by atoms with E-state index in [-0.39, 0.29) is 23.2 Å². The van der Waals surface area contributed by atoms with Crippen molar-refractivity contribution in [3.63, 3.8) is 0 Å². The van der Waals surface area contributed by atoms with Crippen molar-refractivity contribution in [1.82, 2.24) is 10.2 Å². The Bertz CT molecular complexity index is 432. The van der Waals surface area contributed by atoms with Gasteiger partial charge in [-0.2, -0.15) is 0 Å². The molecule has 1 aromatic rings. The normalized spacial score (nSPS) is 21.8. The minimum absolute atomic E-state index is 0.0591. The van der Waals surface area contributed by atoms with E-state index < -0.39 is 0 Å². The summed E-state index contributed by atoms with van der Waals surface area (Å²) in [7, 11) is 0. The summed E-state index contributed by atoms with van der Waals surface area (Å²) in [4.78, 5) is 2.22. The molecule has 0 bridgehead atoms. The van der Waals surface area contributed by atoms with E-state index in [0.29, 0.717) is 5.56 Å². The largest absolute Gasteiger partial charge is 0.314 e. The maximum absolute atomic E-state index is 13.8. The fourth-order valence-electron chi connectivity index (χ4n) is 2.72. The zero-order valence-corrected chi connectivity index (χ0v) is 11.1. The van der Waals surface area contributed by atoms with E-state index in [1.54, 1.807) is 0 Å². The first kappa shape index (κ1) is 13.4. The second-order valence-corrected chi connectivity index (χ2v) is 5.52. The lowest BCUT2D eigenvalue weighted by molar-refractivity contribution is 0.0501. The summed E-state index contributed by atoms with van der Waals surface area (Å²) in [6, 6.07) is 3.54. The Labute approximate surface area is 107 Å². The van der Waals surface area contributed by atoms with Crippen LogP contribution in [-0.4, -0.2) is 30.1 Å². The van der Waals surface area contributed by atoms with Gasteiger partial charge in [-0.05, 0) is 39.0 Å². The molecule has 1 unspecified atom stereocenters. The zero-order chi connectivity index (χ0) is 13.3. The van der Waals surface area contributed by atoms with Crippen LogP contribution in [0.15, 0.2) is 18.2 Å². The summed E-state index contributed by atoms with van der Waals surface area (Å²) >= 11 is 0. The maximum atomic E-state index is 13.8. The number of benzene rings is 1. The van der Waals surface area contributed by atoms with Crippen LogP contribution in [-0.2, 0) is 0 Å². The van der Waals surface area contributed by atoms with Gasteiger partial charge in [-0.1, -0.05) is 0 Å². The number of nitrogens with one attached hydrogen (secondary N) is 1. The molecule has 18 heavy (non-hydrogen) atoms. The molecule has 1 fully saturated rings. The van der Waals surface area contributed by atoms with Crippen molar-refractivity contribution in [2.75, 3.05) is 19.6 Å². The fraction of sp³-hybridized carbons (Fsp3) is 0.571. The van der Waals surface area contributed by atoms with Gasteiger partial charge < -0.3 is 5.32 Å². The highest BCUT2D eigenvalue weighted by atomic mass is 19.1. The molecular weight excluding hydrogens is 234 g/mol. The van der Waals surface area contributed by atoms with Crippen LogP contribution in [0.1, 0.15) is 32.4 Å². The average Bonchev–Trinajstić information content (AvgIpc) is 2.31. The summed E-state index contributed by atoms with van der Waals surface area (Å²) in [6.45, 7) is 8.74. The van der Waals surface area contributed by atoms with Gasteiger partial charge in [0.25, 0.3) is 0 Å². The quantitative estimate of drug-likeness (QED) is 0.873. The second kappa shape index (κ2) is 4.94. The van der Waals surface area contributed by atoms with E-state index in [1.807, 2.05) is 6.92 Å². The molecule has 0 aliphatic carbocycles. The monoisotopic (exact) mass is 254 g/mol. The lowest BCUT2D eigenvalue weighted by Crippen LogP contribution is -2.58. The molecule has 0 amide bonds. The van der Waals surface area contributed by atoms with Crippen molar-refractivity contribution >= 4 is 0 Å². The van der Waals surface area contributed by atoms with Crippen molar-refractivity contribution < 1.29 is 8.78 Å². The van der Waals surface area contributed by atoms with E-state index in [0.717, 1.165) is 25.7 Å². The smallest absolute Gasteiger partial charge is 0.128 e. The number of nitrogens with zero attached hydrogens (tertiary/aromatic N) is 1. The van der Waals surface area contributed by atoms with Gasteiger partial charge in [0.1, 0.15) is 11.6 Å². The summed E-state index contributed by atoms with van der Waals surface area (Å²) < 4.78 is 27.1. The topological polar surface area (TPSA) is 15.3 Å². The SMILES string of the molecule is CC(c1cc(F)ccc1F)N1CCNCC1(C)C. The van der Waals surface area contributed by atoms with Gasteiger partial charge in [0.15, 0.2) is 0 Å². The van der Waals surface area contributed by atoms with Crippen LogP contribution >= 0.6 is 0 Å².